The molecular formula is C19H21N5O3S. The van der Waals surface area contributed by atoms with Gasteiger partial charge in [-0.2, -0.15) is 14.4 Å². The van der Waals surface area contributed by atoms with Gasteiger partial charge in [-0.3, -0.25) is 4.68 Å². The molecule has 0 N–H and O–H groups in total. The molecule has 2 fully saturated rings. The number of piperidine rings is 1. The van der Waals surface area contributed by atoms with Gasteiger partial charge in [-0.15, -0.1) is 0 Å². The van der Waals surface area contributed by atoms with E-state index in [2.05, 4.69) is 15.2 Å². The van der Waals surface area contributed by atoms with Crippen LogP contribution in [0.15, 0.2) is 52.1 Å². The largest absolute Gasteiger partial charge is 0.337 e. The minimum atomic E-state index is -3.69. The molecule has 9 heteroatoms. The van der Waals surface area contributed by atoms with Crippen LogP contribution in [0.3, 0.4) is 0 Å². The lowest BCUT2D eigenvalue weighted by Crippen LogP contribution is -2.40. The van der Waals surface area contributed by atoms with Crippen molar-refractivity contribution in [2.24, 2.45) is 5.92 Å². The number of aryl methyl sites for hydroxylation is 1. The Morgan fingerprint density at radius 3 is 2.79 bits per heavy atom. The number of benzene rings is 1. The monoisotopic (exact) mass is 399 g/mol. The zero-order valence-corrected chi connectivity index (χ0v) is 16.3. The Morgan fingerprint density at radius 2 is 2.04 bits per heavy atom. The first-order valence-corrected chi connectivity index (χ1v) is 11.0. The Labute approximate surface area is 163 Å². The maximum Gasteiger partial charge on any atom is 0.247 e. The van der Waals surface area contributed by atoms with Crippen LogP contribution >= 0.6 is 0 Å². The Morgan fingerprint density at radius 1 is 1.21 bits per heavy atom. The van der Waals surface area contributed by atoms with Gasteiger partial charge in [-0.25, -0.2) is 8.42 Å². The first kappa shape index (κ1) is 17.6. The van der Waals surface area contributed by atoms with E-state index >= 15 is 0 Å². The predicted octanol–water partition coefficient (Wildman–Crippen LogP) is 2.87. The first-order valence-electron chi connectivity index (χ1n) is 9.53. The van der Waals surface area contributed by atoms with E-state index in [0.29, 0.717) is 18.3 Å². The fourth-order valence-electron chi connectivity index (χ4n) is 4.43. The van der Waals surface area contributed by atoms with Crippen LogP contribution in [-0.2, 0) is 16.6 Å². The van der Waals surface area contributed by atoms with Gasteiger partial charge in [0.25, 0.3) is 0 Å². The highest BCUT2D eigenvalue weighted by atomic mass is 32.2. The Bertz CT molecular complexity index is 1090. The summed E-state index contributed by atoms with van der Waals surface area (Å²) in [5, 5.41) is 8.23. The molecule has 1 saturated carbocycles. The maximum atomic E-state index is 13.4. The molecule has 0 spiro atoms. The van der Waals surface area contributed by atoms with Gasteiger partial charge in [0.05, 0.1) is 6.20 Å². The van der Waals surface area contributed by atoms with Crippen molar-refractivity contribution in [3.63, 3.8) is 0 Å². The average Bonchev–Trinajstić information content (AvgIpc) is 3.51. The van der Waals surface area contributed by atoms with Crippen LogP contribution in [0.1, 0.15) is 38.1 Å². The van der Waals surface area contributed by atoms with Crippen LogP contribution in [0.5, 0.6) is 0 Å². The van der Waals surface area contributed by atoms with Crippen molar-refractivity contribution in [2.75, 3.05) is 0 Å². The molecule has 0 unspecified atom stereocenters. The van der Waals surface area contributed by atoms with E-state index in [0.717, 1.165) is 24.8 Å². The minimum absolute atomic E-state index is 0.0305. The van der Waals surface area contributed by atoms with Crippen molar-refractivity contribution in [3.8, 4) is 11.4 Å². The normalized spacial score (nSPS) is 24.8. The summed E-state index contributed by atoms with van der Waals surface area (Å²) in [6.07, 6.45) is 5.67. The molecule has 1 aromatic carbocycles. The molecule has 1 aliphatic heterocycles. The van der Waals surface area contributed by atoms with Crippen molar-refractivity contribution in [1.29, 1.82) is 0 Å². The average molecular weight is 399 g/mol. The lowest BCUT2D eigenvalue weighted by Gasteiger charge is -2.31. The quantitative estimate of drug-likeness (QED) is 0.655. The fourth-order valence-corrected chi connectivity index (χ4v) is 6.26. The summed E-state index contributed by atoms with van der Waals surface area (Å²) in [7, 11) is -3.69. The molecule has 28 heavy (non-hydrogen) atoms. The molecule has 2 aromatic heterocycles. The van der Waals surface area contributed by atoms with Crippen molar-refractivity contribution in [3.05, 3.63) is 48.6 Å². The van der Waals surface area contributed by atoms with Crippen molar-refractivity contribution in [2.45, 2.75) is 49.7 Å². The van der Waals surface area contributed by atoms with Crippen LogP contribution < -0.4 is 0 Å². The highest BCUT2D eigenvalue weighted by Crippen LogP contribution is 2.52. The smallest absolute Gasteiger partial charge is 0.247 e. The van der Waals surface area contributed by atoms with Gasteiger partial charge in [0.1, 0.15) is 10.9 Å². The third-order valence-electron chi connectivity index (χ3n) is 5.76. The minimum Gasteiger partial charge on any atom is -0.337 e. The van der Waals surface area contributed by atoms with Gasteiger partial charge < -0.3 is 4.52 Å². The second kappa shape index (κ2) is 6.52. The Balaban J connectivity index is 1.52. The lowest BCUT2D eigenvalue weighted by atomic mass is 10.00. The molecule has 2 bridgehead atoms. The molecule has 0 radical (unpaired) electrons. The van der Waals surface area contributed by atoms with Gasteiger partial charge in [0, 0.05) is 24.3 Å². The summed E-state index contributed by atoms with van der Waals surface area (Å²) >= 11 is 0. The summed E-state index contributed by atoms with van der Waals surface area (Å²) < 4.78 is 35.6. The number of hydrogen-bond acceptors (Lipinski definition) is 6. The van der Waals surface area contributed by atoms with Crippen molar-refractivity contribution >= 4 is 10.0 Å². The number of fused-ring (bicyclic) bond motifs is 2. The van der Waals surface area contributed by atoms with Gasteiger partial charge in [0.2, 0.25) is 21.7 Å². The highest BCUT2D eigenvalue weighted by Gasteiger charge is 2.54. The number of sulfonamides is 1. The molecule has 5 rings (SSSR count). The topological polar surface area (TPSA) is 94.1 Å². The van der Waals surface area contributed by atoms with E-state index in [1.165, 1.54) is 6.20 Å². The molecule has 8 nitrogen and oxygen atoms in total. The molecule has 3 heterocycles. The van der Waals surface area contributed by atoms with E-state index in [4.69, 9.17) is 4.52 Å². The number of aromatic nitrogens is 4. The van der Waals surface area contributed by atoms with Gasteiger partial charge in [-0.05, 0) is 32.1 Å². The summed E-state index contributed by atoms with van der Waals surface area (Å²) in [5.41, 5.74) is 0.847. The molecule has 3 aromatic rings. The SMILES string of the molecule is CCn1cc(S(=O)(=O)N2[C@@H]3CC[C@@H](C3)[C@@H]2c2nc(-c3ccccc3)no2)cn1. The first-order chi connectivity index (χ1) is 13.6. The van der Waals surface area contributed by atoms with E-state index < -0.39 is 16.1 Å². The van der Waals surface area contributed by atoms with E-state index in [-0.39, 0.29) is 16.9 Å². The molecule has 1 saturated heterocycles. The second-order valence-corrected chi connectivity index (χ2v) is 9.20. The van der Waals surface area contributed by atoms with Crippen molar-refractivity contribution in [1.82, 2.24) is 24.2 Å². The second-order valence-electron chi connectivity index (χ2n) is 7.36. The van der Waals surface area contributed by atoms with E-state index in [1.807, 2.05) is 37.3 Å². The number of nitrogens with zero attached hydrogens (tertiary/aromatic N) is 5. The third-order valence-corrected chi connectivity index (χ3v) is 7.65. The Hall–Kier alpha value is -2.52. The third kappa shape index (κ3) is 2.68. The van der Waals surface area contributed by atoms with Crippen LogP contribution in [-0.4, -0.2) is 38.7 Å². The summed E-state index contributed by atoms with van der Waals surface area (Å²) in [6.45, 7) is 2.54. The zero-order chi connectivity index (χ0) is 19.3. The van der Waals surface area contributed by atoms with Gasteiger partial charge in [0.15, 0.2) is 0 Å². The van der Waals surface area contributed by atoms with Gasteiger partial charge in [-0.1, -0.05) is 35.5 Å². The molecule has 146 valence electrons. The van der Waals surface area contributed by atoms with E-state index in [9.17, 15) is 8.42 Å². The molecule has 1 aliphatic carbocycles. The Kier molecular flexibility index (Phi) is 4.09. The summed E-state index contributed by atoms with van der Waals surface area (Å²) in [5.74, 6) is 1.05. The van der Waals surface area contributed by atoms with Gasteiger partial charge >= 0.3 is 0 Å². The molecule has 0 amide bonds. The van der Waals surface area contributed by atoms with Crippen LogP contribution in [0.4, 0.5) is 0 Å². The number of hydrogen-bond donors (Lipinski definition) is 0. The maximum absolute atomic E-state index is 13.4. The predicted molar refractivity (Wildman–Crippen MR) is 101 cm³/mol. The molecular weight excluding hydrogens is 378 g/mol. The zero-order valence-electron chi connectivity index (χ0n) is 15.5. The fraction of sp³-hybridized carbons (Fsp3) is 0.421. The number of rotatable bonds is 5. The standard InChI is InChI=1S/C19H21N5O3S/c1-2-23-12-16(11-20-23)28(25,26)24-15-9-8-14(10-15)17(24)19-21-18(22-27-19)13-6-4-3-5-7-13/h3-7,11-12,14-15,17H,2,8-10H2,1H3/t14-,15+,17+/m0/s1. The summed E-state index contributed by atoms with van der Waals surface area (Å²) in [6, 6.07) is 9.10. The lowest BCUT2D eigenvalue weighted by molar-refractivity contribution is 0.197. The molecule has 2 aliphatic rings. The summed E-state index contributed by atoms with van der Waals surface area (Å²) in [4.78, 5) is 4.77. The van der Waals surface area contributed by atoms with Crippen LogP contribution in [0.2, 0.25) is 0 Å². The molecule has 3 atom stereocenters. The highest BCUT2D eigenvalue weighted by molar-refractivity contribution is 7.89. The van der Waals surface area contributed by atoms with E-state index in [1.54, 1.807) is 15.2 Å². The van der Waals surface area contributed by atoms with Crippen LogP contribution in [0.25, 0.3) is 11.4 Å². The van der Waals surface area contributed by atoms with Crippen LogP contribution in [0, 0.1) is 5.92 Å². The van der Waals surface area contributed by atoms with Crippen molar-refractivity contribution < 1.29 is 12.9 Å².